The summed E-state index contributed by atoms with van der Waals surface area (Å²) in [6.45, 7) is 0. The number of hydrogen-bond acceptors (Lipinski definition) is 5. The highest BCUT2D eigenvalue weighted by Crippen LogP contribution is 2.01. The third-order valence-electron chi connectivity index (χ3n) is 2.84. The van der Waals surface area contributed by atoms with Crippen LogP contribution < -0.4 is 10.9 Å². The van der Waals surface area contributed by atoms with E-state index in [0.717, 1.165) is 11.1 Å². The lowest BCUT2D eigenvalue weighted by Crippen LogP contribution is -2.28. The summed E-state index contributed by atoms with van der Waals surface area (Å²) in [4.78, 5) is 0. The first-order valence-electron chi connectivity index (χ1n) is 6.84. The molecule has 0 amide bonds. The SMILES string of the molecule is N#Cc1ccc(/C=N/NC(=S)N/N=C/c2ccc(C#N)cc2)cc1. The molecule has 0 bridgehead atoms. The van der Waals surface area contributed by atoms with E-state index in [9.17, 15) is 0 Å². The maximum atomic E-state index is 8.72. The Morgan fingerprint density at radius 3 is 1.50 bits per heavy atom. The largest absolute Gasteiger partial charge is 0.252 e. The monoisotopic (exact) mass is 332 g/mol. The van der Waals surface area contributed by atoms with E-state index in [4.69, 9.17) is 22.7 Å². The van der Waals surface area contributed by atoms with E-state index >= 15 is 0 Å². The Kier molecular flexibility index (Phi) is 6.16. The molecule has 2 rings (SSSR count). The summed E-state index contributed by atoms with van der Waals surface area (Å²) in [6.07, 6.45) is 3.17. The maximum absolute atomic E-state index is 8.72. The number of thiocarbonyl (C=S) groups is 1. The molecule has 0 radical (unpaired) electrons. The molecule has 0 fully saturated rings. The normalized spacial score (nSPS) is 10.2. The minimum atomic E-state index is 0.241. The van der Waals surface area contributed by atoms with Crippen LogP contribution in [0.2, 0.25) is 0 Å². The molecule has 116 valence electrons. The molecule has 2 aromatic carbocycles. The summed E-state index contributed by atoms with van der Waals surface area (Å²) in [5.41, 5.74) is 8.13. The Bertz CT molecular complexity index is 767. The second kappa shape index (κ2) is 8.79. The number of nitrogens with zero attached hydrogens (tertiary/aromatic N) is 4. The number of rotatable bonds is 4. The van der Waals surface area contributed by atoms with Gasteiger partial charge in [0, 0.05) is 0 Å². The molecule has 0 saturated carbocycles. The van der Waals surface area contributed by atoms with Gasteiger partial charge in [0.05, 0.1) is 35.7 Å². The smallest absolute Gasteiger partial charge is 0.207 e. The van der Waals surface area contributed by atoms with E-state index in [1.807, 2.05) is 12.1 Å². The molecule has 0 atom stereocenters. The second-order valence-electron chi connectivity index (χ2n) is 4.54. The average Bonchev–Trinajstić information content (AvgIpc) is 2.63. The fourth-order valence-electron chi connectivity index (χ4n) is 1.64. The second-order valence-corrected chi connectivity index (χ2v) is 4.95. The summed E-state index contributed by atoms with van der Waals surface area (Å²) >= 11 is 5.03. The van der Waals surface area contributed by atoms with Crippen molar-refractivity contribution in [2.24, 2.45) is 10.2 Å². The van der Waals surface area contributed by atoms with E-state index in [-0.39, 0.29) is 5.11 Å². The molecule has 24 heavy (non-hydrogen) atoms. The summed E-state index contributed by atoms with van der Waals surface area (Å²) in [5, 5.41) is 25.6. The van der Waals surface area contributed by atoms with Gasteiger partial charge < -0.3 is 0 Å². The van der Waals surface area contributed by atoms with Crippen LogP contribution >= 0.6 is 12.2 Å². The van der Waals surface area contributed by atoms with Gasteiger partial charge in [0.15, 0.2) is 0 Å². The van der Waals surface area contributed by atoms with E-state index in [2.05, 4.69) is 21.1 Å². The van der Waals surface area contributed by atoms with Crippen LogP contribution in [0.5, 0.6) is 0 Å². The van der Waals surface area contributed by atoms with Gasteiger partial charge in [-0.25, -0.2) is 0 Å². The molecule has 0 spiro atoms. The highest BCUT2D eigenvalue weighted by Gasteiger charge is 1.93. The minimum absolute atomic E-state index is 0.241. The topological polar surface area (TPSA) is 96.4 Å². The molecule has 7 heteroatoms. The van der Waals surface area contributed by atoms with Crippen molar-refractivity contribution in [3.8, 4) is 12.1 Å². The highest BCUT2D eigenvalue weighted by atomic mass is 32.1. The van der Waals surface area contributed by atoms with Gasteiger partial charge in [-0.15, -0.1) is 0 Å². The van der Waals surface area contributed by atoms with Gasteiger partial charge in [-0.3, -0.25) is 10.9 Å². The Balaban J connectivity index is 1.80. The number of hydrogen-bond donors (Lipinski definition) is 2. The molecule has 2 aromatic rings. The van der Waals surface area contributed by atoms with Crippen LogP contribution in [-0.4, -0.2) is 17.5 Å². The first-order chi connectivity index (χ1) is 11.7. The van der Waals surface area contributed by atoms with Crippen LogP contribution in [0.15, 0.2) is 58.7 Å². The van der Waals surface area contributed by atoms with Gasteiger partial charge >= 0.3 is 0 Å². The maximum Gasteiger partial charge on any atom is 0.207 e. The van der Waals surface area contributed by atoms with Gasteiger partial charge in [0.1, 0.15) is 0 Å². The third kappa shape index (κ3) is 5.34. The van der Waals surface area contributed by atoms with E-state index in [1.54, 1.807) is 61.0 Å². The zero-order valence-electron chi connectivity index (χ0n) is 12.5. The Labute approximate surface area is 144 Å². The molecule has 6 nitrogen and oxygen atoms in total. The predicted molar refractivity (Wildman–Crippen MR) is 96.4 cm³/mol. The van der Waals surface area contributed by atoms with Crippen molar-refractivity contribution in [1.29, 1.82) is 10.5 Å². The molecule has 0 aromatic heterocycles. The van der Waals surface area contributed by atoms with Gasteiger partial charge in [0.25, 0.3) is 0 Å². The van der Waals surface area contributed by atoms with Crippen LogP contribution in [0.3, 0.4) is 0 Å². The van der Waals surface area contributed by atoms with Gasteiger partial charge in [-0.1, -0.05) is 24.3 Å². The van der Waals surface area contributed by atoms with Crippen LogP contribution in [0.1, 0.15) is 22.3 Å². The summed E-state index contributed by atoms with van der Waals surface area (Å²) < 4.78 is 0. The average molecular weight is 332 g/mol. The molecule has 2 N–H and O–H groups in total. The molecule has 0 saturated heterocycles. The van der Waals surface area contributed by atoms with Crippen LogP contribution in [0.4, 0.5) is 0 Å². The molecule has 0 aliphatic rings. The summed E-state index contributed by atoms with van der Waals surface area (Å²) in [7, 11) is 0. The fourth-order valence-corrected chi connectivity index (χ4v) is 1.75. The molecule has 0 aliphatic carbocycles. The van der Waals surface area contributed by atoms with Crippen LogP contribution in [-0.2, 0) is 0 Å². The number of nitriles is 2. The van der Waals surface area contributed by atoms with Gasteiger partial charge in [-0.2, -0.15) is 20.7 Å². The van der Waals surface area contributed by atoms with Gasteiger partial charge in [-0.05, 0) is 47.6 Å². The lowest BCUT2D eigenvalue weighted by molar-refractivity contribution is 0.935. The first-order valence-corrected chi connectivity index (χ1v) is 7.24. The van der Waals surface area contributed by atoms with Crippen molar-refractivity contribution in [3.05, 3.63) is 70.8 Å². The van der Waals surface area contributed by atoms with Crippen molar-refractivity contribution in [2.45, 2.75) is 0 Å². The van der Waals surface area contributed by atoms with Gasteiger partial charge in [0.2, 0.25) is 5.11 Å². The Hall–Kier alpha value is -3.55. The third-order valence-corrected chi connectivity index (χ3v) is 3.02. The minimum Gasteiger partial charge on any atom is -0.252 e. The van der Waals surface area contributed by atoms with Crippen molar-refractivity contribution in [1.82, 2.24) is 10.9 Å². The summed E-state index contributed by atoms with van der Waals surface area (Å²) in [5.74, 6) is 0. The van der Waals surface area contributed by atoms with Crippen molar-refractivity contribution < 1.29 is 0 Å². The fraction of sp³-hybridized carbons (Fsp3) is 0. The standard InChI is InChI=1S/C17H12N6S/c18-9-13-1-5-15(6-2-13)11-20-22-17(24)23-21-12-16-7-3-14(10-19)4-8-16/h1-8,11-12H,(H2,22,23,24)/b20-11+,21-12+. The van der Waals surface area contributed by atoms with Crippen molar-refractivity contribution in [2.75, 3.05) is 0 Å². The van der Waals surface area contributed by atoms with E-state index in [0.29, 0.717) is 11.1 Å². The summed E-state index contributed by atoms with van der Waals surface area (Å²) in [6, 6.07) is 18.1. The molecule has 0 unspecified atom stereocenters. The lowest BCUT2D eigenvalue weighted by atomic mass is 10.2. The zero-order chi connectivity index (χ0) is 17.2. The molecule has 0 aliphatic heterocycles. The number of hydrazone groups is 2. The zero-order valence-corrected chi connectivity index (χ0v) is 13.3. The number of benzene rings is 2. The van der Waals surface area contributed by atoms with E-state index < -0.39 is 0 Å². The van der Waals surface area contributed by atoms with Crippen molar-refractivity contribution in [3.63, 3.8) is 0 Å². The predicted octanol–water partition coefficient (Wildman–Crippen LogP) is 2.26. The first kappa shape index (κ1) is 16.8. The highest BCUT2D eigenvalue weighted by molar-refractivity contribution is 7.80. The quantitative estimate of drug-likeness (QED) is 0.508. The molecular formula is C17H12N6S. The lowest BCUT2D eigenvalue weighted by Gasteiger charge is -2.01. The Morgan fingerprint density at radius 2 is 1.17 bits per heavy atom. The molecule has 0 heterocycles. The van der Waals surface area contributed by atoms with Crippen LogP contribution in [0.25, 0.3) is 0 Å². The Morgan fingerprint density at radius 1 is 0.792 bits per heavy atom. The molecular weight excluding hydrogens is 320 g/mol. The van der Waals surface area contributed by atoms with Crippen LogP contribution in [0, 0.1) is 22.7 Å². The van der Waals surface area contributed by atoms with E-state index in [1.165, 1.54) is 0 Å². The number of nitrogens with one attached hydrogen (secondary N) is 2. The van der Waals surface area contributed by atoms with Crippen molar-refractivity contribution >= 4 is 29.8 Å².